The fourth-order valence-electron chi connectivity index (χ4n) is 5.54. The predicted molar refractivity (Wildman–Crippen MR) is 164 cm³/mol. The molecule has 5 nitrogen and oxygen atoms in total. The summed E-state index contributed by atoms with van der Waals surface area (Å²) in [4.78, 5) is 4.67. The molecule has 0 atom stereocenters. The zero-order valence-corrected chi connectivity index (χ0v) is 26.0. The number of rotatable bonds is 5. The summed E-state index contributed by atoms with van der Waals surface area (Å²) >= 11 is 0. The first-order chi connectivity index (χ1) is 20.0. The topological polar surface area (TPSA) is 44.9 Å². The van der Waals surface area contributed by atoms with Crippen molar-refractivity contribution in [1.82, 2.24) is 19.3 Å². The smallest absolute Gasteiger partial charge is 0.509 e. The van der Waals surface area contributed by atoms with E-state index in [9.17, 15) is 0 Å². The number of hydrogen-bond acceptors (Lipinski definition) is 3. The summed E-state index contributed by atoms with van der Waals surface area (Å²) in [5.41, 5.74) is 10.0. The van der Waals surface area contributed by atoms with Gasteiger partial charge in [-0.15, -0.1) is 35.7 Å². The Labute approximate surface area is 259 Å². The van der Waals surface area contributed by atoms with Gasteiger partial charge in [0.2, 0.25) is 0 Å². The van der Waals surface area contributed by atoms with E-state index in [2.05, 4.69) is 103 Å². The monoisotopic (exact) mass is 727 g/mol. The zero-order valence-electron chi connectivity index (χ0n) is 23.8. The van der Waals surface area contributed by atoms with Crippen LogP contribution < -0.4 is 4.74 Å². The molecule has 0 saturated heterocycles. The Balaban J connectivity index is 0.00000316. The summed E-state index contributed by atoms with van der Waals surface area (Å²) in [6.45, 7) is 8.52. The predicted octanol–water partition coefficient (Wildman–Crippen LogP) is 8.66. The van der Waals surface area contributed by atoms with E-state index < -0.39 is 0 Å². The Morgan fingerprint density at radius 2 is 1.57 bits per heavy atom. The number of pyridine rings is 1. The molecule has 7 rings (SSSR count). The van der Waals surface area contributed by atoms with Gasteiger partial charge in [0.25, 0.3) is 0 Å². The van der Waals surface area contributed by atoms with Crippen LogP contribution in [0.15, 0.2) is 97.5 Å². The van der Waals surface area contributed by atoms with Gasteiger partial charge in [0, 0.05) is 35.0 Å². The summed E-state index contributed by atoms with van der Waals surface area (Å²) in [7, 11) is 0. The van der Waals surface area contributed by atoms with Crippen molar-refractivity contribution in [2.45, 2.75) is 27.7 Å². The molecule has 0 aliphatic carbocycles. The van der Waals surface area contributed by atoms with E-state index in [-0.39, 0.29) is 21.1 Å². The van der Waals surface area contributed by atoms with Gasteiger partial charge in [0.1, 0.15) is 5.82 Å². The Morgan fingerprint density at radius 3 is 2.43 bits per heavy atom. The van der Waals surface area contributed by atoms with Crippen molar-refractivity contribution in [2.24, 2.45) is 0 Å². The summed E-state index contributed by atoms with van der Waals surface area (Å²) in [6, 6.07) is 33.6. The first kappa shape index (κ1) is 27.7. The Morgan fingerprint density at radius 1 is 0.762 bits per heavy atom. The van der Waals surface area contributed by atoms with Gasteiger partial charge >= 0.3 is 21.1 Å². The van der Waals surface area contributed by atoms with Crippen LogP contribution in [0, 0.1) is 39.8 Å². The van der Waals surface area contributed by atoms with Crippen molar-refractivity contribution in [3.8, 4) is 34.1 Å². The van der Waals surface area contributed by atoms with Crippen molar-refractivity contribution < 1.29 is 25.8 Å². The zero-order chi connectivity index (χ0) is 28.1. The van der Waals surface area contributed by atoms with Gasteiger partial charge in [0.05, 0.1) is 6.20 Å². The van der Waals surface area contributed by atoms with Crippen LogP contribution >= 0.6 is 0 Å². The van der Waals surface area contributed by atoms with Gasteiger partial charge in [-0.25, -0.2) is 4.98 Å². The molecular formula is C36H28N4OPt. The molecule has 4 aromatic carbocycles. The van der Waals surface area contributed by atoms with Crippen molar-refractivity contribution in [1.29, 1.82) is 0 Å². The Hall–Kier alpha value is -4.47. The van der Waals surface area contributed by atoms with E-state index in [1.54, 1.807) is 0 Å². The second-order valence-corrected chi connectivity index (χ2v) is 10.5. The van der Waals surface area contributed by atoms with Crippen LogP contribution in [0.5, 0.6) is 11.5 Å². The second-order valence-electron chi connectivity index (χ2n) is 10.5. The van der Waals surface area contributed by atoms with Crippen LogP contribution in [0.4, 0.5) is 0 Å². The van der Waals surface area contributed by atoms with Crippen LogP contribution in [0.25, 0.3) is 44.4 Å². The number of nitrogens with zero attached hydrogens (tertiary/aromatic N) is 4. The number of aryl methyl sites for hydroxylation is 3. The van der Waals surface area contributed by atoms with Crippen molar-refractivity contribution in [3.05, 3.63) is 132 Å². The first-order valence-corrected chi connectivity index (χ1v) is 13.7. The third-order valence-corrected chi connectivity index (χ3v) is 7.72. The van der Waals surface area contributed by atoms with Crippen molar-refractivity contribution >= 4 is 21.8 Å². The summed E-state index contributed by atoms with van der Waals surface area (Å²) in [5, 5.41) is 6.90. The molecule has 0 unspecified atom stereocenters. The molecule has 0 aliphatic rings. The quantitative estimate of drug-likeness (QED) is 0.167. The maximum Gasteiger partial charge on any atom is 2.00 e. The molecule has 0 spiro atoms. The van der Waals surface area contributed by atoms with E-state index in [0.29, 0.717) is 11.5 Å². The first-order valence-electron chi connectivity index (χ1n) is 13.7. The molecule has 0 aliphatic heterocycles. The fourth-order valence-corrected chi connectivity index (χ4v) is 5.54. The van der Waals surface area contributed by atoms with Gasteiger partial charge in [-0.05, 0) is 84.8 Å². The van der Waals surface area contributed by atoms with Crippen molar-refractivity contribution in [3.63, 3.8) is 0 Å². The third-order valence-electron chi connectivity index (χ3n) is 7.72. The van der Waals surface area contributed by atoms with Crippen LogP contribution in [0.1, 0.15) is 22.3 Å². The second kappa shape index (κ2) is 11.1. The Bertz CT molecular complexity index is 2090. The van der Waals surface area contributed by atoms with Crippen LogP contribution in [-0.4, -0.2) is 19.3 Å². The molecule has 3 heterocycles. The van der Waals surface area contributed by atoms with E-state index >= 15 is 0 Å². The molecule has 0 radical (unpaired) electrons. The van der Waals surface area contributed by atoms with E-state index in [4.69, 9.17) is 4.74 Å². The van der Waals surface area contributed by atoms with Gasteiger partial charge in [-0.1, -0.05) is 35.8 Å². The van der Waals surface area contributed by atoms with Gasteiger partial charge in [-0.2, -0.15) is 17.2 Å². The maximum absolute atomic E-state index is 6.32. The summed E-state index contributed by atoms with van der Waals surface area (Å²) in [6.07, 6.45) is 5.81. The van der Waals surface area contributed by atoms with E-state index in [0.717, 1.165) is 44.4 Å². The molecule has 3 aromatic heterocycles. The number of benzene rings is 4. The number of fused-ring (bicyclic) bond motifs is 3. The minimum atomic E-state index is 0. The van der Waals surface area contributed by atoms with Crippen molar-refractivity contribution in [2.75, 3.05) is 0 Å². The van der Waals surface area contributed by atoms with Crippen LogP contribution in [0.3, 0.4) is 0 Å². The van der Waals surface area contributed by atoms with Gasteiger partial charge in [-0.3, -0.25) is 4.68 Å². The number of aromatic nitrogens is 4. The molecule has 6 heteroatoms. The normalized spacial score (nSPS) is 11.1. The summed E-state index contributed by atoms with van der Waals surface area (Å²) in [5.74, 6) is 2.05. The molecule has 0 amide bonds. The number of hydrogen-bond donors (Lipinski definition) is 0. The maximum atomic E-state index is 6.32. The minimum absolute atomic E-state index is 0. The number of ether oxygens (including phenoxy) is 1. The molecule has 0 N–H and O–H groups in total. The summed E-state index contributed by atoms with van der Waals surface area (Å²) < 4.78 is 10.3. The molecule has 208 valence electrons. The molecule has 0 bridgehead atoms. The fraction of sp³-hybridized carbons (Fsp3) is 0.111. The van der Waals surface area contributed by atoms with Crippen LogP contribution in [0.2, 0.25) is 0 Å². The average Bonchev–Trinajstić information content (AvgIpc) is 3.58. The number of para-hydroxylation sites is 1. The molecule has 42 heavy (non-hydrogen) atoms. The Kier molecular flexibility index (Phi) is 7.30. The molecule has 0 fully saturated rings. The molecular weight excluding hydrogens is 700 g/mol. The largest absolute Gasteiger partial charge is 2.00 e. The minimum Gasteiger partial charge on any atom is -0.509 e. The van der Waals surface area contributed by atoms with E-state index in [1.165, 1.54) is 22.3 Å². The van der Waals surface area contributed by atoms with Gasteiger partial charge in [0.15, 0.2) is 0 Å². The van der Waals surface area contributed by atoms with Gasteiger partial charge < -0.3 is 9.30 Å². The average molecular weight is 728 g/mol. The SMILES string of the molecule is Cc1ccnc(-n2c3[c-]c(Oc4[c-]c(-n5cc(-c6c(C)ccc(C)c6C)cn5)ccc4)ccc3c3ccccc32)c1.[Pt+2]. The standard InChI is InChI=1S/C36H28N4O.Pt/c1-23-16-17-37-35(18-23)40-33-11-6-5-10-31(33)32-15-14-30(20-34(32)40)41-29-9-7-8-28(19-29)39-22-27(21-38-39)36-25(3)13-12-24(2)26(36)4;/h5-18,21-22H,1-4H3;/q-2;+2. The third kappa shape index (κ3) is 4.84. The molecule has 7 aromatic rings. The van der Waals surface area contributed by atoms with Crippen LogP contribution in [-0.2, 0) is 21.1 Å². The van der Waals surface area contributed by atoms with E-state index in [1.807, 2.05) is 53.5 Å². The molecule has 0 saturated carbocycles.